The third-order valence-corrected chi connectivity index (χ3v) is 5.68. The molecule has 4 rings (SSSR count). The number of rotatable bonds is 3. The molecule has 0 spiro atoms. The van der Waals surface area contributed by atoms with Crippen LogP contribution in [0.15, 0.2) is 59.1 Å². The van der Waals surface area contributed by atoms with E-state index in [2.05, 4.69) is 47.1 Å². The Morgan fingerprint density at radius 1 is 1.19 bits per heavy atom. The fourth-order valence-corrected chi connectivity index (χ4v) is 4.65. The van der Waals surface area contributed by atoms with Crippen molar-refractivity contribution in [2.45, 2.75) is 44.9 Å². The highest BCUT2D eigenvalue weighted by atomic mass is 79.9. The van der Waals surface area contributed by atoms with Crippen LogP contribution >= 0.6 is 15.9 Å². The zero-order valence-corrected chi connectivity index (χ0v) is 16.4. The highest BCUT2D eigenvalue weighted by Gasteiger charge is 2.40. The van der Waals surface area contributed by atoms with Crippen LogP contribution in [-0.2, 0) is 11.3 Å². The van der Waals surface area contributed by atoms with Crippen LogP contribution in [0, 0.1) is 6.92 Å². The second-order valence-corrected chi connectivity index (χ2v) is 8.07. The average Bonchev–Trinajstić information content (AvgIpc) is 2.89. The van der Waals surface area contributed by atoms with E-state index < -0.39 is 0 Å². The average molecular weight is 412 g/mol. The van der Waals surface area contributed by atoms with Crippen LogP contribution < -0.4 is 0 Å². The Morgan fingerprint density at radius 2 is 2.00 bits per heavy atom. The molecule has 1 fully saturated rings. The molecule has 4 heteroatoms. The number of carbonyl (C=O) groups is 1. The fourth-order valence-electron chi connectivity index (χ4n) is 4.04. The van der Waals surface area contributed by atoms with Crippen LogP contribution in [0.1, 0.15) is 36.0 Å². The van der Waals surface area contributed by atoms with Crippen molar-refractivity contribution in [3.05, 3.63) is 75.8 Å². The van der Waals surface area contributed by atoms with E-state index in [1.54, 1.807) is 0 Å². The summed E-state index contributed by atoms with van der Waals surface area (Å²) in [6.07, 6.45) is 5.02. The summed E-state index contributed by atoms with van der Waals surface area (Å²) in [6, 6.07) is 16.7. The molecule has 134 valence electrons. The number of halogens is 1. The van der Waals surface area contributed by atoms with Crippen molar-refractivity contribution in [2.75, 3.05) is 0 Å². The molecule has 2 bridgehead atoms. The lowest BCUT2D eigenvalue weighted by Gasteiger charge is -2.33. The van der Waals surface area contributed by atoms with E-state index in [4.69, 9.17) is 4.74 Å². The first-order valence-electron chi connectivity index (χ1n) is 9.07. The van der Waals surface area contributed by atoms with Crippen LogP contribution in [0.3, 0.4) is 0 Å². The van der Waals surface area contributed by atoms with Crippen LogP contribution in [0.2, 0.25) is 0 Å². The van der Waals surface area contributed by atoms with E-state index in [0.29, 0.717) is 6.61 Å². The fraction of sp³-hybridized carbons (Fsp3) is 0.318. The number of aryl methyl sites for hydroxylation is 1. The molecule has 2 aromatic rings. The van der Waals surface area contributed by atoms with E-state index in [9.17, 15) is 4.79 Å². The van der Waals surface area contributed by atoms with Gasteiger partial charge in [0.2, 0.25) is 0 Å². The minimum Gasteiger partial charge on any atom is -0.445 e. The van der Waals surface area contributed by atoms with E-state index in [1.807, 2.05) is 35.2 Å². The van der Waals surface area contributed by atoms with Crippen molar-refractivity contribution in [1.82, 2.24) is 4.90 Å². The largest absolute Gasteiger partial charge is 0.445 e. The summed E-state index contributed by atoms with van der Waals surface area (Å²) in [5.41, 5.74) is 4.86. The molecule has 2 unspecified atom stereocenters. The SMILES string of the molecule is Cc1cc(Br)cc(C2=CC3CCC(C2)N3C(=O)OCc2ccccc2)c1. The highest BCUT2D eigenvalue weighted by Crippen LogP contribution is 2.39. The number of hydrogen-bond donors (Lipinski definition) is 0. The lowest BCUT2D eigenvalue weighted by atomic mass is 9.94. The number of nitrogens with zero attached hydrogens (tertiary/aromatic N) is 1. The van der Waals surface area contributed by atoms with E-state index in [1.165, 1.54) is 16.7 Å². The molecular weight excluding hydrogens is 390 g/mol. The minimum atomic E-state index is -0.193. The molecule has 0 N–H and O–H groups in total. The first-order valence-corrected chi connectivity index (χ1v) is 9.87. The van der Waals surface area contributed by atoms with Gasteiger partial charge < -0.3 is 4.74 Å². The first kappa shape index (κ1) is 17.3. The van der Waals surface area contributed by atoms with Crippen molar-refractivity contribution < 1.29 is 9.53 Å². The number of carbonyl (C=O) groups excluding carboxylic acids is 1. The Balaban J connectivity index is 1.48. The maximum absolute atomic E-state index is 12.7. The van der Waals surface area contributed by atoms with Gasteiger partial charge in [0.05, 0.1) is 6.04 Å². The molecule has 2 aliphatic heterocycles. The highest BCUT2D eigenvalue weighted by molar-refractivity contribution is 9.10. The number of fused-ring (bicyclic) bond motifs is 2. The van der Waals surface area contributed by atoms with E-state index >= 15 is 0 Å². The Morgan fingerprint density at radius 3 is 2.73 bits per heavy atom. The summed E-state index contributed by atoms with van der Waals surface area (Å²) in [6.45, 7) is 2.44. The lowest BCUT2D eigenvalue weighted by Crippen LogP contribution is -2.43. The van der Waals surface area contributed by atoms with Gasteiger partial charge in [0.1, 0.15) is 6.61 Å². The standard InChI is InChI=1S/C22H22BrNO2/c1-15-9-17(11-19(23)10-15)18-12-20-7-8-21(13-18)24(20)22(25)26-14-16-5-3-2-4-6-16/h2-6,9-12,20-21H,7-8,13-14H2,1H3. The summed E-state index contributed by atoms with van der Waals surface area (Å²) in [5.74, 6) is 0. The molecule has 0 radical (unpaired) electrons. The second-order valence-electron chi connectivity index (χ2n) is 7.16. The first-order chi connectivity index (χ1) is 12.6. The van der Waals surface area contributed by atoms with Gasteiger partial charge >= 0.3 is 6.09 Å². The zero-order chi connectivity index (χ0) is 18.1. The normalized spacial score (nSPS) is 21.5. The Kier molecular flexibility index (Phi) is 4.86. The van der Waals surface area contributed by atoms with Gasteiger partial charge in [0.15, 0.2) is 0 Å². The molecule has 2 heterocycles. The minimum absolute atomic E-state index is 0.145. The van der Waals surface area contributed by atoms with Crippen molar-refractivity contribution >= 4 is 27.6 Å². The summed E-state index contributed by atoms with van der Waals surface area (Å²) in [5, 5.41) is 0. The van der Waals surface area contributed by atoms with Crippen LogP contribution in [-0.4, -0.2) is 23.1 Å². The van der Waals surface area contributed by atoms with Gasteiger partial charge in [-0.2, -0.15) is 0 Å². The Labute approximate surface area is 162 Å². The number of amides is 1. The van der Waals surface area contributed by atoms with Crippen LogP contribution in [0.5, 0.6) is 0 Å². The van der Waals surface area contributed by atoms with Gasteiger partial charge in [-0.25, -0.2) is 4.79 Å². The van der Waals surface area contributed by atoms with Crippen molar-refractivity contribution in [3.8, 4) is 0 Å². The molecule has 26 heavy (non-hydrogen) atoms. The summed E-state index contributed by atoms with van der Waals surface area (Å²) < 4.78 is 6.68. The molecule has 3 nitrogen and oxygen atoms in total. The van der Waals surface area contributed by atoms with Crippen molar-refractivity contribution in [3.63, 3.8) is 0 Å². The van der Waals surface area contributed by atoms with Gasteiger partial charge in [-0.05, 0) is 60.6 Å². The molecule has 0 aromatic heterocycles. The third-order valence-electron chi connectivity index (χ3n) is 5.22. The topological polar surface area (TPSA) is 29.5 Å². The number of ether oxygens (including phenoxy) is 1. The van der Waals surface area contributed by atoms with Gasteiger partial charge in [-0.3, -0.25) is 4.90 Å². The lowest BCUT2D eigenvalue weighted by molar-refractivity contribution is 0.0832. The zero-order valence-electron chi connectivity index (χ0n) is 14.8. The van der Waals surface area contributed by atoms with Crippen molar-refractivity contribution in [1.29, 1.82) is 0 Å². The summed E-state index contributed by atoms with van der Waals surface area (Å²) >= 11 is 3.59. The molecule has 0 saturated carbocycles. The van der Waals surface area contributed by atoms with Gasteiger partial charge in [-0.1, -0.05) is 58.4 Å². The maximum atomic E-state index is 12.7. The molecule has 2 atom stereocenters. The third kappa shape index (κ3) is 3.56. The van der Waals surface area contributed by atoms with Crippen LogP contribution in [0.25, 0.3) is 5.57 Å². The monoisotopic (exact) mass is 411 g/mol. The molecular formula is C22H22BrNO2. The predicted octanol–water partition coefficient (Wildman–Crippen LogP) is 5.71. The molecule has 1 saturated heterocycles. The maximum Gasteiger partial charge on any atom is 0.410 e. The summed E-state index contributed by atoms with van der Waals surface area (Å²) in [4.78, 5) is 14.6. The molecule has 2 aliphatic rings. The van der Waals surface area contributed by atoms with E-state index in [-0.39, 0.29) is 18.2 Å². The molecule has 0 aliphatic carbocycles. The van der Waals surface area contributed by atoms with Gasteiger partial charge in [0, 0.05) is 10.5 Å². The predicted molar refractivity (Wildman–Crippen MR) is 107 cm³/mol. The molecule has 2 aromatic carbocycles. The Bertz CT molecular complexity index is 826. The second kappa shape index (κ2) is 7.28. The van der Waals surface area contributed by atoms with Crippen molar-refractivity contribution in [2.24, 2.45) is 0 Å². The number of hydrogen-bond acceptors (Lipinski definition) is 2. The smallest absolute Gasteiger partial charge is 0.410 e. The number of benzene rings is 2. The molecule has 1 amide bonds. The van der Waals surface area contributed by atoms with E-state index in [0.717, 1.165) is 29.3 Å². The van der Waals surface area contributed by atoms with Crippen LogP contribution in [0.4, 0.5) is 4.79 Å². The summed E-state index contributed by atoms with van der Waals surface area (Å²) in [7, 11) is 0. The van der Waals surface area contributed by atoms with Gasteiger partial charge in [-0.15, -0.1) is 0 Å². The quantitative estimate of drug-likeness (QED) is 0.646. The Hall–Kier alpha value is -2.07. The van der Waals surface area contributed by atoms with Gasteiger partial charge in [0.25, 0.3) is 0 Å².